The number of hydrogen-bond donors (Lipinski definition) is 0. The molecule has 2 fully saturated rings. The second kappa shape index (κ2) is 8.25. The van der Waals surface area contributed by atoms with Crippen LogP contribution < -0.4 is 4.31 Å². The van der Waals surface area contributed by atoms with Crippen LogP contribution in [0.1, 0.15) is 52.3 Å². The summed E-state index contributed by atoms with van der Waals surface area (Å²) in [6, 6.07) is 6.78. The van der Waals surface area contributed by atoms with Crippen molar-refractivity contribution in [1.29, 1.82) is 0 Å². The number of hydrogen-bond acceptors (Lipinski definition) is 5. The molecule has 0 radical (unpaired) electrons. The summed E-state index contributed by atoms with van der Waals surface area (Å²) < 4.78 is 12.8. The molecule has 0 unspecified atom stereocenters. The van der Waals surface area contributed by atoms with E-state index >= 15 is 0 Å². The van der Waals surface area contributed by atoms with Gasteiger partial charge in [0.2, 0.25) is 0 Å². The molecule has 0 aliphatic carbocycles. The van der Waals surface area contributed by atoms with Crippen LogP contribution in [0, 0.1) is 5.92 Å². The summed E-state index contributed by atoms with van der Waals surface area (Å²) in [6.07, 6.45) is 4.92. The lowest BCUT2D eigenvalue weighted by molar-refractivity contribution is 0.0611. The molecule has 1 aromatic heterocycles. The van der Waals surface area contributed by atoms with Gasteiger partial charge < -0.3 is 13.6 Å². The molecule has 2 saturated heterocycles. The molecule has 1 aromatic carbocycles. The highest BCUT2D eigenvalue weighted by atomic mass is 32.2. The molecular weight excluding hydrogens is 368 g/mol. The lowest BCUT2D eigenvalue weighted by Crippen LogP contribution is -2.25. The van der Waals surface area contributed by atoms with Crippen molar-refractivity contribution in [2.75, 3.05) is 37.7 Å². The summed E-state index contributed by atoms with van der Waals surface area (Å²) >= 11 is 1.83. The highest BCUT2D eigenvalue weighted by Gasteiger charge is 2.26. The van der Waals surface area contributed by atoms with Gasteiger partial charge in [0.05, 0.1) is 16.7 Å². The zero-order valence-electron chi connectivity index (χ0n) is 17.8. The molecule has 4 rings (SSSR count). The Morgan fingerprint density at radius 1 is 1.18 bits per heavy atom. The maximum absolute atomic E-state index is 5.56. The van der Waals surface area contributed by atoms with E-state index in [1.165, 1.54) is 43.0 Å². The molecule has 5 nitrogen and oxygen atoms in total. The fraction of sp³-hybridized carbons (Fsp3) is 0.682. The lowest BCUT2D eigenvalue weighted by Gasteiger charge is -2.26. The van der Waals surface area contributed by atoms with E-state index in [2.05, 4.69) is 59.2 Å². The van der Waals surface area contributed by atoms with Crippen LogP contribution >= 0.6 is 12.1 Å². The van der Waals surface area contributed by atoms with Gasteiger partial charge in [0.25, 0.3) is 0 Å². The Bertz CT molecular complexity index is 801. The van der Waals surface area contributed by atoms with Crippen molar-refractivity contribution in [3.05, 3.63) is 24.0 Å². The zero-order chi connectivity index (χ0) is 19.7. The largest absolute Gasteiger partial charge is 0.381 e. The third-order valence-electron chi connectivity index (χ3n) is 5.85. The molecule has 0 amide bonds. The predicted molar refractivity (Wildman–Crippen MR) is 119 cm³/mol. The Kier molecular flexibility index (Phi) is 5.91. The summed E-state index contributed by atoms with van der Waals surface area (Å²) in [4.78, 5) is 5.11. The molecule has 28 heavy (non-hydrogen) atoms. The Morgan fingerprint density at radius 2 is 1.89 bits per heavy atom. The van der Waals surface area contributed by atoms with Gasteiger partial charge >= 0.3 is 0 Å². The average Bonchev–Trinajstić information content (AvgIpc) is 3.30. The Balaban J connectivity index is 1.63. The van der Waals surface area contributed by atoms with E-state index in [1.807, 2.05) is 12.1 Å². The van der Waals surface area contributed by atoms with Gasteiger partial charge in [0, 0.05) is 57.4 Å². The topological polar surface area (TPSA) is 33.5 Å². The third-order valence-corrected chi connectivity index (χ3v) is 6.90. The van der Waals surface area contributed by atoms with Crippen LogP contribution in [0.5, 0.6) is 0 Å². The van der Waals surface area contributed by atoms with E-state index in [0.29, 0.717) is 5.92 Å². The van der Waals surface area contributed by atoms with E-state index < -0.39 is 0 Å². The summed E-state index contributed by atoms with van der Waals surface area (Å²) in [5.74, 6) is 1.88. The standard InChI is InChI=1S/C22H34N4OS/c1-22(2,3)21-23-19-15-18(24(4)28-25-11-5-6-12-25)7-8-20(19)26(21)16-17-9-13-27-14-10-17/h7-8,15,17H,5-6,9-14,16H2,1-4H3. The van der Waals surface area contributed by atoms with Crippen LogP contribution in [-0.4, -0.2) is 47.2 Å². The molecule has 2 aromatic rings. The molecular formula is C22H34N4OS. The van der Waals surface area contributed by atoms with Gasteiger partial charge in [-0.1, -0.05) is 20.8 Å². The average molecular weight is 403 g/mol. The minimum atomic E-state index is 0.0283. The van der Waals surface area contributed by atoms with Crippen LogP contribution in [0.2, 0.25) is 0 Å². The van der Waals surface area contributed by atoms with Gasteiger partial charge in [0.1, 0.15) is 5.82 Å². The fourth-order valence-corrected chi connectivity index (χ4v) is 5.22. The molecule has 0 N–H and O–H groups in total. The molecule has 0 spiro atoms. The van der Waals surface area contributed by atoms with Crippen molar-refractivity contribution >= 4 is 28.9 Å². The van der Waals surface area contributed by atoms with Gasteiger partial charge in [-0.3, -0.25) is 0 Å². The molecule has 3 heterocycles. The summed E-state index contributed by atoms with van der Waals surface area (Å²) in [7, 11) is 2.16. The number of benzene rings is 1. The molecule has 2 aliphatic rings. The third kappa shape index (κ3) is 4.34. The van der Waals surface area contributed by atoms with E-state index in [-0.39, 0.29) is 5.41 Å². The number of imidazole rings is 1. The highest BCUT2D eigenvalue weighted by molar-refractivity contribution is 7.98. The first kappa shape index (κ1) is 20.0. The van der Waals surface area contributed by atoms with E-state index in [4.69, 9.17) is 9.72 Å². The first-order valence-corrected chi connectivity index (χ1v) is 11.4. The maximum Gasteiger partial charge on any atom is 0.115 e. The Hall–Kier alpha value is -1.24. The smallest absolute Gasteiger partial charge is 0.115 e. The molecule has 6 heteroatoms. The van der Waals surface area contributed by atoms with Crippen molar-refractivity contribution < 1.29 is 4.74 Å². The summed E-state index contributed by atoms with van der Waals surface area (Å²) in [5.41, 5.74) is 3.63. The molecule has 0 atom stereocenters. The first-order valence-electron chi connectivity index (χ1n) is 10.7. The van der Waals surface area contributed by atoms with Gasteiger partial charge in [-0.15, -0.1) is 0 Å². The van der Waals surface area contributed by atoms with Gasteiger partial charge in [0.15, 0.2) is 0 Å². The van der Waals surface area contributed by atoms with Crippen LogP contribution in [0.15, 0.2) is 18.2 Å². The van der Waals surface area contributed by atoms with Crippen LogP contribution in [0.3, 0.4) is 0 Å². The van der Waals surface area contributed by atoms with Crippen molar-refractivity contribution in [1.82, 2.24) is 13.9 Å². The Morgan fingerprint density at radius 3 is 2.57 bits per heavy atom. The van der Waals surface area contributed by atoms with Gasteiger partial charge in [-0.25, -0.2) is 9.29 Å². The minimum absolute atomic E-state index is 0.0283. The summed E-state index contributed by atoms with van der Waals surface area (Å²) in [5, 5.41) is 0. The number of anilines is 1. The van der Waals surface area contributed by atoms with E-state index in [1.54, 1.807) is 0 Å². The molecule has 2 aliphatic heterocycles. The maximum atomic E-state index is 5.56. The normalized spacial score (nSPS) is 19.6. The number of fused-ring (bicyclic) bond motifs is 1. The van der Waals surface area contributed by atoms with Crippen LogP contribution in [0.4, 0.5) is 5.69 Å². The van der Waals surface area contributed by atoms with Crippen LogP contribution in [0.25, 0.3) is 11.0 Å². The lowest BCUT2D eigenvalue weighted by atomic mass is 9.94. The number of ether oxygens (including phenoxy) is 1. The summed E-state index contributed by atoms with van der Waals surface area (Å²) in [6.45, 7) is 12.0. The highest BCUT2D eigenvalue weighted by Crippen LogP contribution is 2.33. The molecule has 0 bridgehead atoms. The van der Waals surface area contributed by atoms with Crippen molar-refractivity contribution in [2.45, 2.75) is 58.4 Å². The fourth-order valence-electron chi connectivity index (χ4n) is 4.25. The molecule has 0 saturated carbocycles. The molecule has 154 valence electrons. The van der Waals surface area contributed by atoms with Crippen molar-refractivity contribution in [3.63, 3.8) is 0 Å². The van der Waals surface area contributed by atoms with E-state index in [9.17, 15) is 0 Å². The quantitative estimate of drug-likeness (QED) is 0.668. The van der Waals surface area contributed by atoms with Gasteiger partial charge in [-0.2, -0.15) is 0 Å². The second-order valence-electron chi connectivity index (χ2n) is 9.24. The predicted octanol–water partition coefficient (Wildman–Crippen LogP) is 4.86. The van der Waals surface area contributed by atoms with Gasteiger partial charge in [-0.05, 0) is 49.8 Å². The number of aromatic nitrogens is 2. The first-order chi connectivity index (χ1) is 13.4. The zero-order valence-corrected chi connectivity index (χ0v) is 18.6. The minimum Gasteiger partial charge on any atom is -0.381 e. The second-order valence-corrected chi connectivity index (χ2v) is 10.5. The number of rotatable bonds is 5. The van der Waals surface area contributed by atoms with Crippen LogP contribution in [-0.2, 0) is 16.7 Å². The van der Waals surface area contributed by atoms with E-state index in [0.717, 1.165) is 38.1 Å². The number of nitrogens with zero attached hydrogens (tertiary/aromatic N) is 4. The Labute approximate surface area is 173 Å². The monoisotopic (exact) mass is 402 g/mol. The SMILES string of the molecule is CN(SN1CCCC1)c1ccc2c(c1)nc(C(C)(C)C)n2CC1CCOCC1. The van der Waals surface area contributed by atoms with Crippen molar-refractivity contribution in [2.24, 2.45) is 5.92 Å². The van der Waals surface area contributed by atoms with Crippen molar-refractivity contribution in [3.8, 4) is 0 Å².